The van der Waals surface area contributed by atoms with Gasteiger partial charge in [0.2, 0.25) is 0 Å². The second-order valence-corrected chi connectivity index (χ2v) is 8.28. The van der Waals surface area contributed by atoms with E-state index in [0.717, 1.165) is 17.8 Å². The fraction of sp³-hybridized carbons (Fsp3) is 0.462. The predicted octanol–water partition coefficient (Wildman–Crippen LogP) is 2.08. The average molecular weight is 324 g/mol. The van der Waals surface area contributed by atoms with Gasteiger partial charge >= 0.3 is 0 Å². The van der Waals surface area contributed by atoms with Crippen molar-refractivity contribution in [1.29, 1.82) is 0 Å². The van der Waals surface area contributed by atoms with Gasteiger partial charge in [0.05, 0.1) is 16.7 Å². The summed E-state index contributed by atoms with van der Waals surface area (Å²) in [5.41, 5.74) is 0.567. The van der Waals surface area contributed by atoms with Gasteiger partial charge in [-0.25, -0.2) is 23.4 Å². The molecule has 0 spiro atoms. The van der Waals surface area contributed by atoms with E-state index in [1.165, 1.54) is 15.6 Å². The SMILES string of the molecule is Cc1nc(C)c(S(=O)(=O)N2CCCC2c2ncccn2)s1. The first kappa shape index (κ1) is 14.6. The van der Waals surface area contributed by atoms with Crippen LogP contribution in [0, 0.1) is 13.8 Å². The zero-order valence-corrected chi connectivity index (χ0v) is 13.5. The van der Waals surface area contributed by atoms with Crippen LogP contribution in [0.4, 0.5) is 0 Å². The molecule has 0 saturated carbocycles. The van der Waals surface area contributed by atoms with Crippen LogP contribution in [-0.4, -0.2) is 34.2 Å². The highest BCUT2D eigenvalue weighted by atomic mass is 32.2. The van der Waals surface area contributed by atoms with E-state index >= 15 is 0 Å². The van der Waals surface area contributed by atoms with Crippen LogP contribution in [0.3, 0.4) is 0 Å². The second-order valence-electron chi connectivity index (χ2n) is 4.99. The lowest BCUT2D eigenvalue weighted by molar-refractivity contribution is 0.384. The van der Waals surface area contributed by atoms with E-state index in [1.54, 1.807) is 25.4 Å². The van der Waals surface area contributed by atoms with Gasteiger partial charge in [-0.05, 0) is 32.8 Å². The quantitative estimate of drug-likeness (QED) is 0.864. The summed E-state index contributed by atoms with van der Waals surface area (Å²) < 4.78 is 27.6. The highest BCUT2D eigenvalue weighted by Gasteiger charge is 2.39. The van der Waals surface area contributed by atoms with Crippen molar-refractivity contribution < 1.29 is 8.42 Å². The van der Waals surface area contributed by atoms with Crippen molar-refractivity contribution in [3.63, 3.8) is 0 Å². The molecule has 1 unspecified atom stereocenters. The third-order valence-electron chi connectivity index (χ3n) is 3.49. The third kappa shape index (κ3) is 2.58. The largest absolute Gasteiger partial charge is 0.255 e. The maximum Gasteiger partial charge on any atom is 0.255 e. The molecule has 2 aromatic rings. The van der Waals surface area contributed by atoms with E-state index in [2.05, 4.69) is 15.0 Å². The molecular weight excluding hydrogens is 308 g/mol. The number of nitrogens with zero attached hydrogens (tertiary/aromatic N) is 4. The van der Waals surface area contributed by atoms with Crippen molar-refractivity contribution >= 4 is 21.4 Å². The Morgan fingerprint density at radius 2 is 2.00 bits per heavy atom. The first-order valence-electron chi connectivity index (χ1n) is 6.73. The Bertz CT molecular complexity index is 743. The van der Waals surface area contributed by atoms with Crippen molar-refractivity contribution in [3.05, 3.63) is 35.0 Å². The molecule has 8 heteroatoms. The molecule has 0 aliphatic carbocycles. The zero-order valence-electron chi connectivity index (χ0n) is 11.9. The summed E-state index contributed by atoms with van der Waals surface area (Å²) in [6.07, 6.45) is 4.86. The summed E-state index contributed by atoms with van der Waals surface area (Å²) in [5.74, 6) is 0.567. The molecular formula is C13H16N4O2S2. The summed E-state index contributed by atoms with van der Waals surface area (Å²) in [6.45, 7) is 4.06. The number of aromatic nitrogens is 3. The molecule has 6 nitrogen and oxygen atoms in total. The van der Waals surface area contributed by atoms with Crippen LogP contribution in [0.1, 0.15) is 35.4 Å². The molecule has 1 aliphatic rings. The number of sulfonamides is 1. The van der Waals surface area contributed by atoms with E-state index in [1.807, 2.05) is 6.92 Å². The van der Waals surface area contributed by atoms with Gasteiger partial charge in [0.15, 0.2) is 4.21 Å². The number of rotatable bonds is 3. The molecule has 3 rings (SSSR count). The molecule has 2 aromatic heterocycles. The minimum atomic E-state index is -3.54. The Balaban J connectivity index is 2.00. The highest BCUT2D eigenvalue weighted by Crippen LogP contribution is 2.37. The van der Waals surface area contributed by atoms with E-state index in [9.17, 15) is 8.42 Å². The van der Waals surface area contributed by atoms with Crippen LogP contribution < -0.4 is 0 Å². The standard InChI is InChI=1S/C13H16N4O2S2/c1-9-13(20-10(2)16-9)21(18,19)17-8-3-5-11(17)12-14-6-4-7-15-12/h4,6-7,11H,3,5,8H2,1-2H3. The lowest BCUT2D eigenvalue weighted by Crippen LogP contribution is -2.31. The molecule has 112 valence electrons. The van der Waals surface area contributed by atoms with E-state index in [0.29, 0.717) is 22.3 Å². The Kier molecular flexibility index (Phi) is 3.76. The van der Waals surface area contributed by atoms with Crippen molar-refractivity contribution in [2.45, 2.75) is 36.9 Å². The van der Waals surface area contributed by atoms with Gasteiger partial charge in [0, 0.05) is 18.9 Å². The van der Waals surface area contributed by atoms with Gasteiger partial charge in [-0.1, -0.05) is 0 Å². The molecule has 0 radical (unpaired) electrons. The average Bonchev–Trinajstić information content (AvgIpc) is 3.07. The molecule has 0 N–H and O–H groups in total. The first-order chi connectivity index (χ1) is 10.00. The van der Waals surface area contributed by atoms with Crippen molar-refractivity contribution in [2.24, 2.45) is 0 Å². The zero-order chi connectivity index (χ0) is 15.0. The van der Waals surface area contributed by atoms with Gasteiger partial charge in [-0.2, -0.15) is 4.31 Å². The lowest BCUT2D eigenvalue weighted by atomic mass is 10.2. The Hall–Kier alpha value is -1.38. The third-order valence-corrected chi connectivity index (χ3v) is 7.06. The van der Waals surface area contributed by atoms with Crippen LogP contribution in [0.15, 0.2) is 22.7 Å². The maximum absolute atomic E-state index is 12.9. The smallest absolute Gasteiger partial charge is 0.245 e. The highest BCUT2D eigenvalue weighted by molar-refractivity contribution is 7.91. The molecule has 1 fully saturated rings. The molecule has 1 atom stereocenters. The second kappa shape index (κ2) is 5.43. The Morgan fingerprint density at radius 1 is 1.29 bits per heavy atom. The van der Waals surface area contributed by atoms with E-state index in [4.69, 9.17) is 0 Å². The molecule has 1 aliphatic heterocycles. The summed E-state index contributed by atoms with van der Waals surface area (Å²) in [4.78, 5) is 12.7. The number of hydrogen-bond acceptors (Lipinski definition) is 6. The fourth-order valence-corrected chi connectivity index (χ4v) is 5.88. The van der Waals surface area contributed by atoms with Crippen LogP contribution in [0.25, 0.3) is 0 Å². The minimum absolute atomic E-state index is 0.280. The van der Waals surface area contributed by atoms with Gasteiger partial charge in [-0.15, -0.1) is 11.3 Å². The molecule has 1 saturated heterocycles. The van der Waals surface area contributed by atoms with Crippen LogP contribution in [-0.2, 0) is 10.0 Å². The van der Waals surface area contributed by atoms with E-state index in [-0.39, 0.29) is 6.04 Å². The topological polar surface area (TPSA) is 76.1 Å². The Labute approximate surface area is 127 Å². The van der Waals surface area contributed by atoms with Gasteiger partial charge < -0.3 is 0 Å². The number of thiazole rings is 1. The Morgan fingerprint density at radius 3 is 2.62 bits per heavy atom. The number of hydrogen-bond donors (Lipinski definition) is 0. The summed E-state index contributed by atoms with van der Waals surface area (Å²) in [7, 11) is -3.54. The normalized spacial score (nSPS) is 20.0. The van der Waals surface area contributed by atoms with Gasteiger partial charge in [-0.3, -0.25) is 0 Å². The fourth-order valence-electron chi connectivity index (χ4n) is 2.63. The van der Waals surface area contributed by atoms with Crippen LogP contribution >= 0.6 is 11.3 Å². The molecule has 21 heavy (non-hydrogen) atoms. The molecule has 0 bridgehead atoms. The maximum atomic E-state index is 12.9. The van der Waals surface area contributed by atoms with E-state index < -0.39 is 10.0 Å². The van der Waals surface area contributed by atoms with Crippen molar-refractivity contribution in [2.75, 3.05) is 6.54 Å². The predicted molar refractivity (Wildman–Crippen MR) is 79.5 cm³/mol. The first-order valence-corrected chi connectivity index (χ1v) is 8.98. The molecule has 0 aromatic carbocycles. The summed E-state index contributed by atoms with van der Waals surface area (Å²) in [5, 5.41) is 0.762. The summed E-state index contributed by atoms with van der Waals surface area (Å²) in [6, 6.07) is 1.45. The molecule has 0 amide bonds. The van der Waals surface area contributed by atoms with Crippen LogP contribution in [0.5, 0.6) is 0 Å². The van der Waals surface area contributed by atoms with Crippen molar-refractivity contribution in [1.82, 2.24) is 19.3 Å². The number of aryl methyl sites for hydroxylation is 2. The van der Waals surface area contributed by atoms with Gasteiger partial charge in [0.25, 0.3) is 10.0 Å². The molecule has 3 heterocycles. The summed E-state index contributed by atoms with van der Waals surface area (Å²) >= 11 is 1.22. The monoisotopic (exact) mass is 324 g/mol. The lowest BCUT2D eigenvalue weighted by Gasteiger charge is -2.22. The van der Waals surface area contributed by atoms with Crippen LogP contribution in [0.2, 0.25) is 0 Å². The minimum Gasteiger partial charge on any atom is -0.245 e. The van der Waals surface area contributed by atoms with Crippen molar-refractivity contribution in [3.8, 4) is 0 Å². The van der Waals surface area contributed by atoms with Gasteiger partial charge in [0.1, 0.15) is 5.82 Å².